The highest BCUT2D eigenvalue weighted by Gasteiger charge is 2.34. The number of thioether (sulfide) groups is 1. The average Bonchev–Trinajstić information content (AvgIpc) is 3.29. The number of carbonyl (C=O) groups excluding carboxylic acids is 2. The molecule has 2 amide bonds. The minimum Gasteiger partial charge on any atom is -0.480 e. The minimum atomic E-state index is -4.82. The molecule has 0 atom stereocenters. The number of thiocarbonyl (C=S) groups is 1. The quantitative estimate of drug-likeness (QED) is 0.322. The maximum Gasteiger partial charge on any atom is 0.419 e. The fraction of sp³-hybridized carbons (Fsp3) is 0.200. The number of nitrogens with zero attached hydrogens (tertiary/aromatic N) is 1. The van der Waals surface area contributed by atoms with Crippen molar-refractivity contribution in [2.75, 3.05) is 13.1 Å². The molecule has 1 aliphatic rings. The van der Waals surface area contributed by atoms with Crippen molar-refractivity contribution in [1.29, 1.82) is 0 Å². The molecule has 0 unspecified atom stereocenters. The first kappa shape index (κ1) is 24.9. The van der Waals surface area contributed by atoms with Crippen LogP contribution in [0.25, 0.3) is 17.2 Å². The van der Waals surface area contributed by atoms with Crippen LogP contribution in [0.15, 0.2) is 34.6 Å². The van der Waals surface area contributed by atoms with E-state index < -0.39 is 41.9 Å². The standard InChI is InChI=1S/C20H14F4N2O4S3/c21-14-2-1-10(6-13(14)20(22,23)24)11-5-12(32-9-11)7-15-18(30)26(19(31)33-15)4-3-16(27)25-8-17(28)29/h1-2,5-7,9H,3-4,8H2,(H,25,27)(H,28,29)/b15-7-. The largest absolute Gasteiger partial charge is 0.480 e. The van der Waals surface area contributed by atoms with E-state index in [0.717, 1.165) is 23.9 Å². The molecule has 2 N–H and O–H groups in total. The number of alkyl halides is 3. The van der Waals surface area contributed by atoms with E-state index in [-0.39, 0.29) is 27.8 Å². The van der Waals surface area contributed by atoms with Gasteiger partial charge in [-0.25, -0.2) is 4.39 Å². The normalized spacial score (nSPS) is 15.4. The molecule has 0 aliphatic carbocycles. The number of nitrogens with one attached hydrogen (secondary N) is 1. The van der Waals surface area contributed by atoms with Crippen molar-refractivity contribution < 1.29 is 37.1 Å². The number of amides is 2. The van der Waals surface area contributed by atoms with E-state index in [1.165, 1.54) is 28.4 Å². The monoisotopic (exact) mass is 518 g/mol. The van der Waals surface area contributed by atoms with Gasteiger partial charge in [0.05, 0.1) is 10.5 Å². The summed E-state index contributed by atoms with van der Waals surface area (Å²) in [5, 5.41) is 12.3. The zero-order valence-corrected chi connectivity index (χ0v) is 18.9. The molecule has 0 bridgehead atoms. The van der Waals surface area contributed by atoms with Crippen LogP contribution in [0.1, 0.15) is 16.9 Å². The summed E-state index contributed by atoms with van der Waals surface area (Å²) in [5.74, 6) is -3.53. The van der Waals surface area contributed by atoms with Gasteiger partial charge in [-0.05, 0) is 40.8 Å². The number of aliphatic carboxylic acids is 1. The number of carbonyl (C=O) groups is 3. The molecule has 1 fully saturated rings. The molecule has 174 valence electrons. The maximum atomic E-state index is 13.5. The van der Waals surface area contributed by atoms with Crippen molar-refractivity contribution in [3.63, 3.8) is 0 Å². The molecule has 0 saturated carbocycles. The van der Waals surface area contributed by atoms with Crippen LogP contribution in [0.4, 0.5) is 17.6 Å². The van der Waals surface area contributed by atoms with E-state index in [1.807, 2.05) is 0 Å². The van der Waals surface area contributed by atoms with E-state index in [0.29, 0.717) is 10.4 Å². The lowest BCUT2D eigenvalue weighted by atomic mass is 10.0. The Morgan fingerprint density at radius 1 is 1.21 bits per heavy atom. The van der Waals surface area contributed by atoms with E-state index in [9.17, 15) is 31.9 Å². The predicted octanol–water partition coefficient (Wildman–Crippen LogP) is 4.37. The highest BCUT2D eigenvalue weighted by atomic mass is 32.2. The zero-order valence-electron chi connectivity index (χ0n) is 16.4. The average molecular weight is 519 g/mol. The fourth-order valence-corrected chi connectivity index (χ4v) is 5.02. The first-order valence-corrected chi connectivity index (χ1v) is 11.3. The van der Waals surface area contributed by atoms with Crippen molar-refractivity contribution in [3.8, 4) is 11.1 Å². The second-order valence-electron chi connectivity index (χ2n) is 6.68. The number of halogens is 4. The lowest BCUT2D eigenvalue weighted by Crippen LogP contribution is -2.35. The van der Waals surface area contributed by atoms with Gasteiger partial charge in [0.2, 0.25) is 5.91 Å². The molecule has 1 aliphatic heterocycles. The van der Waals surface area contributed by atoms with Crippen LogP contribution in [0.2, 0.25) is 0 Å². The molecular formula is C20H14F4N2O4S3. The lowest BCUT2D eigenvalue weighted by Gasteiger charge is -2.13. The predicted molar refractivity (Wildman–Crippen MR) is 120 cm³/mol. The first-order valence-electron chi connectivity index (χ1n) is 9.15. The van der Waals surface area contributed by atoms with Crippen LogP contribution >= 0.6 is 35.3 Å². The number of rotatable bonds is 7. The van der Waals surface area contributed by atoms with Gasteiger partial charge in [-0.15, -0.1) is 11.3 Å². The molecule has 33 heavy (non-hydrogen) atoms. The van der Waals surface area contributed by atoms with Crippen molar-refractivity contribution in [2.24, 2.45) is 0 Å². The van der Waals surface area contributed by atoms with Gasteiger partial charge >= 0.3 is 12.1 Å². The highest BCUT2D eigenvalue weighted by molar-refractivity contribution is 8.26. The van der Waals surface area contributed by atoms with Gasteiger partial charge in [-0.1, -0.05) is 30.0 Å². The Morgan fingerprint density at radius 2 is 1.94 bits per heavy atom. The summed E-state index contributed by atoms with van der Waals surface area (Å²) < 4.78 is 52.7. The van der Waals surface area contributed by atoms with Crippen LogP contribution in [0, 0.1) is 5.82 Å². The molecule has 13 heteroatoms. The van der Waals surface area contributed by atoms with Crippen LogP contribution in [-0.4, -0.2) is 45.2 Å². The number of thiophene rings is 1. The molecule has 0 spiro atoms. The third-order valence-electron chi connectivity index (χ3n) is 4.37. The Morgan fingerprint density at radius 3 is 2.61 bits per heavy atom. The molecular weight excluding hydrogens is 504 g/mol. The van der Waals surface area contributed by atoms with E-state index >= 15 is 0 Å². The van der Waals surface area contributed by atoms with Crippen molar-refractivity contribution in [3.05, 3.63) is 50.8 Å². The van der Waals surface area contributed by atoms with E-state index in [2.05, 4.69) is 5.32 Å². The summed E-state index contributed by atoms with van der Waals surface area (Å²) in [6, 6.07) is 4.30. The Hall–Kier alpha value is -2.77. The maximum absolute atomic E-state index is 13.5. The SMILES string of the molecule is O=C(O)CNC(=O)CCN1C(=O)/C(=C/c2cc(-c3ccc(F)c(C(F)(F)F)c3)cs2)SC1=S. The van der Waals surface area contributed by atoms with Gasteiger partial charge < -0.3 is 10.4 Å². The Balaban J connectivity index is 1.71. The van der Waals surface area contributed by atoms with Gasteiger partial charge in [-0.3, -0.25) is 19.3 Å². The summed E-state index contributed by atoms with van der Waals surface area (Å²) in [4.78, 5) is 36.8. The van der Waals surface area contributed by atoms with Gasteiger partial charge in [0.15, 0.2) is 0 Å². The van der Waals surface area contributed by atoms with Crippen LogP contribution in [0.3, 0.4) is 0 Å². The zero-order chi connectivity index (χ0) is 24.3. The van der Waals surface area contributed by atoms with Crippen molar-refractivity contribution in [2.45, 2.75) is 12.6 Å². The minimum absolute atomic E-state index is 0.0288. The van der Waals surface area contributed by atoms with Gasteiger partial charge in [0.25, 0.3) is 5.91 Å². The van der Waals surface area contributed by atoms with Gasteiger partial charge in [-0.2, -0.15) is 13.2 Å². The Bertz CT molecular complexity index is 1160. The topological polar surface area (TPSA) is 86.7 Å². The van der Waals surface area contributed by atoms with E-state index in [4.69, 9.17) is 17.3 Å². The molecule has 2 heterocycles. The highest BCUT2D eigenvalue weighted by Crippen LogP contribution is 2.37. The summed E-state index contributed by atoms with van der Waals surface area (Å²) in [7, 11) is 0. The molecule has 3 rings (SSSR count). The third-order valence-corrected chi connectivity index (χ3v) is 6.63. The first-order chi connectivity index (χ1) is 15.5. The molecule has 1 aromatic heterocycles. The van der Waals surface area contributed by atoms with Crippen molar-refractivity contribution >= 4 is 63.5 Å². The van der Waals surface area contributed by atoms with Crippen molar-refractivity contribution in [1.82, 2.24) is 10.2 Å². The number of benzene rings is 1. The van der Waals surface area contributed by atoms with Crippen LogP contribution < -0.4 is 5.32 Å². The number of hydrogen-bond acceptors (Lipinski definition) is 6. The number of carboxylic acids is 1. The number of hydrogen-bond donors (Lipinski definition) is 2. The Labute approximate surface area is 198 Å². The van der Waals surface area contributed by atoms with Gasteiger partial charge in [0.1, 0.15) is 16.7 Å². The van der Waals surface area contributed by atoms with Crippen LogP contribution in [0.5, 0.6) is 0 Å². The molecule has 1 saturated heterocycles. The summed E-state index contributed by atoms with van der Waals surface area (Å²) in [6.07, 6.45) is -3.42. The summed E-state index contributed by atoms with van der Waals surface area (Å²) in [5.41, 5.74) is -0.747. The smallest absolute Gasteiger partial charge is 0.419 e. The van der Waals surface area contributed by atoms with Gasteiger partial charge in [0, 0.05) is 17.8 Å². The summed E-state index contributed by atoms with van der Waals surface area (Å²) >= 11 is 7.37. The third kappa shape index (κ3) is 6.18. The Kier molecular flexibility index (Phi) is 7.55. The molecule has 6 nitrogen and oxygen atoms in total. The molecule has 0 radical (unpaired) electrons. The lowest BCUT2D eigenvalue weighted by molar-refractivity contribution is -0.140. The second-order valence-corrected chi connectivity index (χ2v) is 9.30. The second kappa shape index (κ2) is 10.0. The molecule has 2 aromatic rings. The molecule has 1 aromatic carbocycles. The van der Waals surface area contributed by atoms with Crippen LogP contribution in [-0.2, 0) is 20.6 Å². The van der Waals surface area contributed by atoms with E-state index in [1.54, 1.807) is 11.4 Å². The fourth-order valence-electron chi connectivity index (χ4n) is 2.80. The number of carboxylic acid groups (broad SMARTS) is 1. The summed E-state index contributed by atoms with van der Waals surface area (Å²) in [6.45, 7) is -0.560.